The van der Waals surface area contributed by atoms with Gasteiger partial charge in [0.05, 0.1) is 23.9 Å². The third-order valence-electron chi connectivity index (χ3n) is 5.75. The van der Waals surface area contributed by atoms with E-state index in [9.17, 15) is 19.8 Å². The minimum Gasteiger partial charge on any atom is -0.506 e. The Morgan fingerprint density at radius 2 is 1.69 bits per heavy atom. The van der Waals surface area contributed by atoms with Gasteiger partial charge in [0.15, 0.2) is 0 Å². The number of hydrogen-bond donors (Lipinski definition) is 3. The van der Waals surface area contributed by atoms with Crippen molar-refractivity contribution >= 4 is 40.4 Å². The van der Waals surface area contributed by atoms with Crippen molar-refractivity contribution in [1.29, 1.82) is 0 Å². The molecule has 0 aromatic heterocycles. The van der Waals surface area contributed by atoms with Crippen LogP contribution in [0.1, 0.15) is 37.9 Å². The summed E-state index contributed by atoms with van der Waals surface area (Å²) in [5.41, 5.74) is 4.63. The molecule has 8 heteroatoms. The summed E-state index contributed by atoms with van der Waals surface area (Å²) in [6.07, 6.45) is 0.698. The molecular weight excluding hydrogens is 478 g/mol. The highest BCUT2D eigenvalue weighted by Crippen LogP contribution is 2.25. The lowest BCUT2D eigenvalue weighted by Gasteiger charge is -2.22. The zero-order chi connectivity index (χ0) is 25.7. The van der Waals surface area contributed by atoms with Crippen LogP contribution in [0.25, 0.3) is 10.8 Å². The summed E-state index contributed by atoms with van der Waals surface area (Å²) in [4.78, 5) is 27.1. The molecule has 0 saturated carbocycles. The van der Waals surface area contributed by atoms with Crippen molar-refractivity contribution in [3.05, 3.63) is 112 Å². The number of rotatable bonds is 7. The monoisotopic (exact) mass is 501 g/mol. The van der Waals surface area contributed by atoms with E-state index < -0.39 is 12.0 Å². The zero-order valence-electron chi connectivity index (χ0n) is 19.4. The number of carbonyl (C=O) groups is 2. The van der Waals surface area contributed by atoms with Crippen LogP contribution in [0.4, 0.5) is 0 Å². The zero-order valence-corrected chi connectivity index (χ0v) is 20.2. The van der Waals surface area contributed by atoms with Crippen LogP contribution < -0.4 is 5.43 Å². The van der Waals surface area contributed by atoms with Crippen molar-refractivity contribution in [1.82, 2.24) is 10.3 Å². The van der Waals surface area contributed by atoms with Gasteiger partial charge in [-0.05, 0) is 40.6 Å². The molecule has 0 radical (unpaired) electrons. The molecule has 182 valence electrons. The molecule has 4 rings (SSSR count). The van der Waals surface area contributed by atoms with Crippen LogP contribution in [-0.4, -0.2) is 46.7 Å². The van der Waals surface area contributed by atoms with Crippen LogP contribution in [0.3, 0.4) is 0 Å². The second kappa shape index (κ2) is 11.0. The molecule has 0 saturated heterocycles. The molecule has 2 amide bonds. The number of amides is 2. The number of halogens is 1. The van der Waals surface area contributed by atoms with Crippen molar-refractivity contribution in [2.75, 3.05) is 13.6 Å². The van der Waals surface area contributed by atoms with Gasteiger partial charge in [-0.1, -0.05) is 72.3 Å². The number of likely N-dealkylation sites (N-methyl/N-ethyl adjacent to an activating group) is 1. The second-order valence-electron chi connectivity index (χ2n) is 8.23. The summed E-state index contributed by atoms with van der Waals surface area (Å²) in [6, 6.07) is 24.2. The first-order valence-corrected chi connectivity index (χ1v) is 11.5. The SMILES string of the molecule is CN(CC(O)c1ccccc1)C(=O)c1ccc(/C=N/NC(=O)c2ccc(O)c(Cl)c2)c2ccccc12. The fourth-order valence-electron chi connectivity index (χ4n) is 3.82. The number of hydrogen-bond acceptors (Lipinski definition) is 5. The third-order valence-corrected chi connectivity index (χ3v) is 6.05. The molecule has 1 unspecified atom stereocenters. The topological polar surface area (TPSA) is 102 Å². The van der Waals surface area contributed by atoms with Gasteiger partial charge in [0.1, 0.15) is 5.75 Å². The maximum absolute atomic E-state index is 13.2. The first-order chi connectivity index (χ1) is 17.3. The van der Waals surface area contributed by atoms with Gasteiger partial charge in [-0.25, -0.2) is 5.43 Å². The molecule has 0 bridgehead atoms. The fourth-order valence-corrected chi connectivity index (χ4v) is 4.00. The summed E-state index contributed by atoms with van der Waals surface area (Å²) in [5, 5.41) is 25.7. The van der Waals surface area contributed by atoms with Gasteiger partial charge in [-0.2, -0.15) is 5.10 Å². The van der Waals surface area contributed by atoms with E-state index in [0.717, 1.165) is 16.3 Å². The normalized spacial score (nSPS) is 12.0. The number of nitrogens with one attached hydrogen (secondary N) is 1. The Morgan fingerprint density at radius 1 is 1.00 bits per heavy atom. The number of aliphatic hydroxyl groups excluding tert-OH is 1. The van der Waals surface area contributed by atoms with E-state index >= 15 is 0 Å². The Labute approximate surface area is 213 Å². The van der Waals surface area contributed by atoms with E-state index in [1.807, 2.05) is 54.6 Å². The predicted molar refractivity (Wildman–Crippen MR) is 140 cm³/mol. The second-order valence-corrected chi connectivity index (χ2v) is 8.63. The van der Waals surface area contributed by atoms with Gasteiger partial charge in [-0.15, -0.1) is 0 Å². The van der Waals surface area contributed by atoms with Crippen LogP contribution in [0.5, 0.6) is 5.75 Å². The van der Waals surface area contributed by atoms with E-state index in [-0.39, 0.29) is 28.8 Å². The molecule has 0 fully saturated rings. The van der Waals surface area contributed by atoms with Gasteiger partial charge in [0, 0.05) is 23.7 Å². The Balaban J connectivity index is 1.52. The van der Waals surface area contributed by atoms with E-state index in [0.29, 0.717) is 11.1 Å². The number of aliphatic hydroxyl groups is 1. The summed E-state index contributed by atoms with van der Waals surface area (Å²) in [6.45, 7) is 0.147. The van der Waals surface area contributed by atoms with E-state index in [4.69, 9.17) is 11.6 Å². The summed E-state index contributed by atoms with van der Waals surface area (Å²) >= 11 is 5.86. The van der Waals surface area contributed by atoms with Gasteiger partial charge >= 0.3 is 0 Å². The van der Waals surface area contributed by atoms with Crippen LogP contribution >= 0.6 is 11.6 Å². The molecular formula is C28H24ClN3O4. The van der Waals surface area contributed by atoms with Gasteiger partial charge in [0.25, 0.3) is 11.8 Å². The minimum atomic E-state index is -0.801. The molecule has 0 aliphatic rings. The lowest BCUT2D eigenvalue weighted by molar-refractivity contribution is 0.0683. The lowest BCUT2D eigenvalue weighted by atomic mass is 9.99. The quantitative estimate of drug-likeness (QED) is 0.251. The van der Waals surface area contributed by atoms with Crippen molar-refractivity contribution < 1.29 is 19.8 Å². The Bertz CT molecular complexity index is 1440. The lowest BCUT2D eigenvalue weighted by Crippen LogP contribution is -2.31. The van der Waals surface area contributed by atoms with Crippen molar-refractivity contribution in [3.8, 4) is 5.75 Å². The summed E-state index contributed by atoms with van der Waals surface area (Å²) in [7, 11) is 1.66. The van der Waals surface area contributed by atoms with Gasteiger partial charge < -0.3 is 15.1 Å². The molecule has 36 heavy (non-hydrogen) atoms. The standard InChI is InChI=1S/C28H24ClN3O4/c1-32(17-26(34)18-7-3-2-4-8-18)28(36)23-13-11-20(21-9-5-6-10-22(21)23)16-30-31-27(35)19-12-14-25(33)24(29)15-19/h2-16,26,33-34H,17H2,1H3,(H,31,35)/b30-16+. The number of phenolic OH excluding ortho intramolecular Hbond substituents is 1. The summed E-state index contributed by atoms with van der Waals surface area (Å²) < 4.78 is 0. The van der Waals surface area contributed by atoms with Gasteiger partial charge in [0.2, 0.25) is 0 Å². The molecule has 0 heterocycles. The molecule has 4 aromatic carbocycles. The predicted octanol–water partition coefficient (Wildman–Crippen LogP) is 4.77. The van der Waals surface area contributed by atoms with Crippen molar-refractivity contribution in [2.45, 2.75) is 6.10 Å². The van der Waals surface area contributed by atoms with Gasteiger partial charge in [-0.3, -0.25) is 9.59 Å². The minimum absolute atomic E-state index is 0.0686. The Kier molecular flexibility index (Phi) is 7.63. The number of aromatic hydroxyl groups is 1. The molecule has 0 spiro atoms. The van der Waals surface area contributed by atoms with Crippen LogP contribution in [-0.2, 0) is 0 Å². The highest BCUT2D eigenvalue weighted by atomic mass is 35.5. The molecule has 4 aromatic rings. The average Bonchev–Trinajstić information content (AvgIpc) is 2.90. The highest BCUT2D eigenvalue weighted by molar-refractivity contribution is 6.32. The molecule has 1 atom stereocenters. The van der Waals surface area contributed by atoms with E-state index in [1.54, 1.807) is 19.2 Å². The first-order valence-electron chi connectivity index (χ1n) is 11.2. The van der Waals surface area contributed by atoms with E-state index in [1.165, 1.54) is 29.3 Å². The van der Waals surface area contributed by atoms with E-state index in [2.05, 4.69) is 10.5 Å². The Morgan fingerprint density at radius 3 is 2.42 bits per heavy atom. The van der Waals surface area contributed by atoms with Crippen molar-refractivity contribution in [2.24, 2.45) is 5.10 Å². The third kappa shape index (κ3) is 5.54. The number of phenols is 1. The summed E-state index contributed by atoms with van der Waals surface area (Å²) in [5.74, 6) is -0.817. The maximum Gasteiger partial charge on any atom is 0.271 e. The van der Waals surface area contributed by atoms with Crippen LogP contribution in [0.2, 0.25) is 5.02 Å². The fraction of sp³-hybridized carbons (Fsp3) is 0.107. The molecule has 0 aliphatic carbocycles. The first kappa shape index (κ1) is 24.9. The maximum atomic E-state index is 13.2. The smallest absolute Gasteiger partial charge is 0.271 e. The number of fused-ring (bicyclic) bond motifs is 1. The highest BCUT2D eigenvalue weighted by Gasteiger charge is 2.19. The number of hydrazone groups is 1. The van der Waals surface area contributed by atoms with Crippen LogP contribution in [0, 0.1) is 0 Å². The Hall–Kier alpha value is -4.20. The largest absolute Gasteiger partial charge is 0.506 e. The average molecular weight is 502 g/mol. The molecule has 3 N–H and O–H groups in total. The van der Waals surface area contributed by atoms with Crippen molar-refractivity contribution in [3.63, 3.8) is 0 Å². The number of carbonyl (C=O) groups excluding carboxylic acids is 2. The number of benzene rings is 4. The van der Waals surface area contributed by atoms with Crippen LogP contribution in [0.15, 0.2) is 90.0 Å². The molecule has 7 nitrogen and oxygen atoms in total. The molecule has 0 aliphatic heterocycles. The number of nitrogens with zero attached hydrogens (tertiary/aromatic N) is 2.